The van der Waals surface area contributed by atoms with E-state index in [1.807, 2.05) is 30.3 Å². The molecule has 0 radical (unpaired) electrons. The highest BCUT2D eigenvalue weighted by molar-refractivity contribution is 6.14. The van der Waals surface area contributed by atoms with E-state index in [4.69, 9.17) is 15.9 Å². The molecule has 0 aliphatic rings. The van der Waals surface area contributed by atoms with Gasteiger partial charge in [-0.15, -0.1) is 0 Å². The Labute approximate surface area is 138 Å². The van der Waals surface area contributed by atoms with Crippen molar-refractivity contribution < 1.29 is 4.74 Å². The summed E-state index contributed by atoms with van der Waals surface area (Å²) in [5.74, 6) is 1.39. The van der Waals surface area contributed by atoms with E-state index in [1.54, 1.807) is 18.2 Å². The maximum atomic E-state index is 9.41. The van der Waals surface area contributed by atoms with Crippen LogP contribution in [0.25, 0.3) is 0 Å². The number of nitrogens with two attached hydrogens (primary N) is 1. The molecule has 0 aliphatic carbocycles. The number of hydrogen-bond acceptors (Lipinski definition) is 6. The topological polar surface area (TPSA) is 109 Å². The molecule has 0 aliphatic heterocycles. The molecular formula is C18H13N5O. The molecule has 0 amide bonds. The van der Waals surface area contributed by atoms with Crippen molar-refractivity contribution in [2.45, 2.75) is 0 Å². The molecule has 3 rings (SSSR count). The summed E-state index contributed by atoms with van der Waals surface area (Å²) in [5, 5.41) is 17.7. The lowest BCUT2D eigenvalue weighted by Crippen LogP contribution is -2.09. The van der Waals surface area contributed by atoms with E-state index in [1.165, 1.54) is 12.5 Å². The van der Waals surface area contributed by atoms with E-state index in [-0.39, 0.29) is 11.5 Å². The maximum Gasteiger partial charge on any atom is 0.136 e. The Kier molecular flexibility index (Phi) is 4.17. The van der Waals surface area contributed by atoms with Crippen LogP contribution in [-0.4, -0.2) is 15.7 Å². The third-order valence-corrected chi connectivity index (χ3v) is 3.37. The van der Waals surface area contributed by atoms with E-state index >= 15 is 0 Å². The lowest BCUT2D eigenvalue weighted by molar-refractivity contribution is 0.482. The van der Waals surface area contributed by atoms with E-state index in [0.717, 1.165) is 0 Å². The van der Waals surface area contributed by atoms with Crippen molar-refractivity contribution >= 4 is 11.5 Å². The molecule has 6 nitrogen and oxygen atoms in total. The Morgan fingerprint density at radius 3 is 2.58 bits per heavy atom. The lowest BCUT2D eigenvalue weighted by Gasteiger charge is -2.10. The smallest absolute Gasteiger partial charge is 0.136 e. The van der Waals surface area contributed by atoms with Crippen molar-refractivity contribution in [2.24, 2.45) is 0 Å². The summed E-state index contributed by atoms with van der Waals surface area (Å²) >= 11 is 0. The predicted octanol–water partition coefficient (Wildman–Crippen LogP) is 3.14. The Morgan fingerprint density at radius 1 is 1.08 bits per heavy atom. The van der Waals surface area contributed by atoms with E-state index in [2.05, 4.69) is 16.0 Å². The molecule has 1 heterocycles. The summed E-state index contributed by atoms with van der Waals surface area (Å²) in [4.78, 5) is 7.75. The van der Waals surface area contributed by atoms with Crippen LogP contribution in [-0.2, 0) is 0 Å². The molecular weight excluding hydrogens is 302 g/mol. The van der Waals surface area contributed by atoms with Crippen molar-refractivity contribution in [1.29, 1.82) is 10.7 Å². The van der Waals surface area contributed by atoms with Gasteiger partial charge in [0.25, 0.3) is 0 Å². The van der Waals surface area contributed by atoms with Crippen LogP contribution < -0.4 is 10.5 Å². The molecule has 0 atom stereocenters. The van der Waals surface area contributed by atoms with E-state index < -0.39 is 0 Å². The molecule has 6 heteroatoms. The summed E-state index contributed by atoms with van der Waals surface area (Å²) in [5.41, 5.74) is 7.02. The second-order valence-corrected chi connectivity index (χ2v) is 4.93. The first-order valence-corrected chi connectivity index (χ1v) is 7.11. The van der Waals surface area contributed by atoms with Crippen molar-refractivity contribution in [3.05, 3.63) is 77.7 Å². The molecule has 0 saturated heterocycles. The Bertz CT molecular complexity index is 932. The van der Waals surface area contributed by atoms with Gasteiger partial charge in [-0.3, -0.25) is 5.41 Å². The minimum Gasteiger partial charge on any atom is -0.457 e. The van der Waals surface area contributed by atoms with Crippen molar-refractivity contribution in [3.8, 4) is 17.6 Å². The highest BCUT2D eigenvalue weighted by atomic mass is 16.5. The summed E-state index contributed by atoms with van der Waals surface area (Å²) < 4.78 is 5.71. The average molecular weight is 315 g/mol. The number of benzene rings is 2. The van der Waals surface area contributed by atoms with Crippen LogP contribution in [0, 0.1) is 16.7 Å². The molecule has 24 heavy (non-hydrogen) atoms. The summed E-state index contributed by atoms with van der Waals surface area (Å²) in [6.45, 7) is 0. The van der Waals surface area contributed by atoms with Crippen LogP contribution in [0.3, 0.4) is 0 Å². The number of nitrogens with one attached hydrogen (secondary N) is 1. The van der Waals surface area contributed by atoms with Gasteiger partial charge in [0.15, 0.2) is 0 Å². The van der Waals surface area contributed by atoms with E-state index in [0.29, 0.717) is 28.2 Å². The first-order chi connectivity index (χ1) is 11.7. The van der Waals surface area contributed by atoms with Gasteiger partial charge in [-0.05, 0) is 30.3 Å². The fourth-order valence-electron chi connectivity index (χ4n) is 2.20. The Morgan fingerprint density at radius 2 is 1.88 bits per heavy atom. The number of nitrogens with zero attached hydrogens (tertiary/aromatic N) is 3. The SMILES string of the molecule is N#Cc1cc(Oc2ccccc2)ccc1C(=N)c1cncnc1N. The van der Waals surface area contributed by atoms with Crippen molar-refractivity contribution in [3.63, 3.8) is 0 Å². The van der Waals surface area contributed by atoms with E-state index in [9.17, 15) is 5.26 Å². The molecule has 0 saturated carbocycles. The minimum atomic E-state index is 0.0934. The average Bonchev–Trinajstić information content (AvgIpc) is 2.62. The van der Waals surface area contributed by atoms with Gasteiger partial charge in [-0.2, -0.15) is 5.26 Å². The van der Waals surface area contributed by atoms with Crippen LogP contribution in [0.15, 0.2) is 61.1 Å². The third kappa shape index (κ3) is 3.05. The third-order valence-electron chi connectivity index (χ3n) is 3.37. The highest BCUT2D eigenvalue weighted by Gasteiger charge is 2.14. The Hall–Kier alpha value is -3.72. The van der Waals surface area contributed by atoms with Gasteiger partial charge in [-0.1, -0.05) is 18.2 Å². The number of para-hydroxylation sites is 1. The van der Waals surface area contributed by atoms with Gasteiger partial charge in [-0.25, -0.2) is 9.97 Å². The number of nitriles is 1. The second-order valence-electron chi connectivity index (χ2n) is 4.93. The van der Waals surface area contributed by atoms with Gasteiger partial charge >= 0.3 is 0 Å². The van der Waals surface area contributed by atoms with Gasteiger partial charge in [0.2, 0.25) is 0 Å². The van der Waals surface area contributed by atoms with Crippen LogP contribution in [0.4, 0.5) is 5.82 Å². The normalized spacial score (nSPS) is 9.96. The van der Waals surface area contributed by atoms with Gasteiger partial charge < -0.3 is 10.5 Å². The Balaban J connectivity index is 1.94. The first kappa shape index (κ1) is 15.2. The fourth-order valence-corrected chi connectivity index (χ4v) is 2.20. The lowest BCUT2D eigenvalue weighted by atomic mass is 9.99. The second kappa shape index (κ2) is 6.58. The number of nitrogen functional groups attached to an aromatic ring is 1. The zero-order valence-electron chi connectivity index (χ0n) is 12.6. The zero-order valence-corrected chi connectivity index (χ0v) is 12.6. The molecule has 1 aromatic heterocycles. The number of aromatic nitrogens is 2. The largest absolute Gasteiger partial charge is 0.457 e. The quantitative estimate of drug-likeness (QED) is 0.719. The fraction of sp³-hybridized carbons (Fsp3) is 0. The first-order valence-electron chi connectivity index (χ1n) is 7.11. The van der Waals surface area contributed by atoms with Crippen molar-refractivity contribution in [2.75, 3.05) is 5.73 Å². The molecule has 3 N–H and O–H groups in total. The molecule has 0 spiro atoms. The molecule has 0 bridgehead atoms. The van der Waals surface area contributed by atoms with Crippen LogP contribution in [0.5, 0.6) is 11.5 Å². The summed E-state index contributed by atoms with van der Waals surface area (Å²) in [6.07, 6.45) is 2.77. The summed E-state index contributed by atoms with van der Waals surface area (Å²) in [7, 11) is 0. The van der Waals surface area contributed by atoms with Crippen LogP contribution in [0.2, 0.25) is 0 Å². The van der Waals surface area contributed by atoms with Gasteiger partial charge in [0.1, 0.15) is 23.6 Å². The van der Waals surface area contributed by atoms with Crippen molar-refractivity contribution in [1.82, 2.24) is 9.97 Å². The summed E-state index contributed by atoms with van der Waals surface area (Å²) in [6, 6.07) is 16.3. The molecule has 116 valence electrons. The molecule has 0 fully saturated rings. The predicted molar refractivity (Wildman–Crippen MR) is 90.0 cm³/mol. The molecule has 0 unspecified atom stereocenters. The van der Waals surface area contributed by atoms with Gasteiger partial charge in [0.05, 0.1) is 22.9 Å². The van der Waals surface area contributed by atoms with Crippen LogP contribution >= 0.6 is 0 Å². The maximum absolute atomic E-state index is 9.41. The monoisotopic (exact) mass is 315 g/mol. The molecule has 2 aromatic carbocycles. The highest BCUT2D eigenvalue weighted by Crippen LogP contribution is 2.25. The number of rotatable bonds is 4. The van der Waals surface area contributed by atoms with Gasteiger partial charge in [0, 0.05) is 11.8 Å². The number of hydrogen-bond donors (Lipinski definition) is 2. The standard InChI is InChI=1S/C18H13N5O/c19-9-12-8-14(24-13-4-2-1-3-5-13)6-7-15(12)17(20)16-10-22-11-23-18(16)21/h1-8,10-11,20H,(H2,21,22,23). The number of ether oxygens (including phenoxy) is 1. The molecule has 3 aromatic rings. The minimum absolute atomic E-state index is 0.0934. The number of anilines is 1. The zero-order chi connectivity index (χ0) is 16.9. The van der Waals surface area contributed by atoms with Crippen LogP contribution in [0.1, 0.15) is 16.7 Å².